The first kappa shape index (κ1) is 15.0. The van der Waals surface area contributed by atoms with Crippen LogP contribution in [-0.2, 0) is 6.54 Å². The zero-order valence-corrected chi connectivity index (χ0v) is 14.0. The van der Waals surface area contributed by atoms with Crippen molar-refractivity contribution in [2.45, 2.75) is 20.4 Å². The lowest BCUT2D eigenvalue weighted by Gasteiger charge is -2.11. The summed E-state index contributed by atoms with van der Waals surface area (Å²) in [5.74, 6) is 0. The largest absolute Gasteiger partial charge is 0.305 e. The van der Waals surface area contributed by atoms with Crippen LogP contribution in [0.25, 0.3) is 16.8 Å². The van der Waals surface area contributed by atoms with E-state index in [0.717, 1.165) is 40.3 Å². The second kappa shape index (κ2) is 5.71. The van der Waals surface area contributed by atoms with Gasteiger partial charge in [0.15, 0.2) is 5.65 Å². The minimum Gasteiger partial charge on any atom is -0.305 e. The summed E-state index contributed by atoms with van der Waals surface area (Å²) in [7, 11) is 4.07. The van der Waals surface area contributed by atoms with Crippen LogP contribution in [-0.4, -0.2) is 33.6 Å². The van der Waals surface area contributed by atoms with Gasteiger partial charge in [-0.3, -0.25) is 0 Å². The molecule has 0 aliphatic heterocycles. The monoisotopic (exact) mass is 314 g/mol. The smallest absolute Gasteiger partial charge is 0.161 e. The molecule has 114 valence electrons. The minimum absolute atomic E-state index is 0.613. The van der Waals surface area contributed by atoms with Gasteiger partial charge in [0.2, 0.25) is 0 Å². The number of fused-ring (bicyclic) bond motifs is 1. The third-order valence-electron chi connectivity index (χ3n) is 3.72. The molecule has 4 nitrogen and oxygen atoms in total. The van der Waals surface area contributed by atoms with Gasteiger partial charge in [-0.05, 0) is 33.5 Å². The SMILES string of the molecule is Cc1nc2c(CN(C)C)c(C)nn2c(Cl)c1-c1ccccc1. The lowest BCUT2D eigenvalue weighted by Crippen LogP contribution is -2.11. The van der Waals surface area contributed by atoms with Crippen molar-refractivity contribution in [3.63, 3.8) is 0 Å². The van der Waals surface area contributed by atoms with E-state index in [2.05, 4.69) is 10.00 Å². The van der Waals surface area contributed by atoms with Gasteiger partial charge in [0.1, 0.15) is 5.15 Å². The van der Waals surface area contributed by atoms with Crippen LogP contribution in [0.2, 0.25) is 5.15 Å². The minimum atomic E-state index is 0.613. The van der Waals surface area contributed by atoms with Crippen molar-refractivity contribution in [2.24, 2.45) is 0 Å². The summed E-state index contributed by atoms with van der Waals surface area (Å²) in [4.78, 5) is 6.89. The molecule has 0 aliphatic rings. The van der Waals surface area contributed by atoms with Crippen LogP contribution in [0.5, 0.6) is 0 Å². The molecule has 0 N–H and O–H groups in total. The highest BCUT2D eigenvalue weighted by atomic mass is 35.5. The number of halogens is 1. The zero-order chi connectivity index (χ0) is 15.9. The van der Waals surface area contributed by atoms with Crippen molar-refractivity contribution in [3.05, 3.63) is 52.4 Å². The Hall–Kier alpha value is -1.91. The molecular formula is C17H19ClN4. The van der Waals surface area contributed by atoms with Crippen LogP contribution in [0.15, 0.2) is 30.3 Å². The number of aromatic nitrogens is 3. The molecule has 22 heavy (non-hydrogen) atoms. The molecule has 0 unspecified atom stereocenters. The second-order valence-corrected chi connectivity index (χ2v) is 6.12. The quantitative estimate of drug-likeness (QED) is 0.691. The van der Waals surface area contributed by atoms with Crippen LogP contribution in [0.3, 0.4) is 0 Å². The predicted molar refractivity (Wildman–Crippen MR) is 90.3 cm³/mol. The van der Waals surface area contributed by atoms with Crippen molar-refractivity contribution in [1.29, 1.82) is 0 Å². The van der Waals surface area contributed by atoms with Gasteiger partial charge in [-0.2, -0.15) is 5.10 Å². The van der Waals surface area contributed by atoms with E-state index in [1.165, 1.54) is 0 Å². The van der Waals surface area contributed by atoms with Crippen molar-refractivity contribution < 1.29 is 0 Å². The van der Waals surface area contributed by atoms with Crippen molar-refractivity contribution in [3.8, 4) is 11.1 Å². The Morgan fingerprint density at radius 1 is 1.09 bits per heavy atom. The Kier molecular flexibility index (Phi) is 3.89. The molecule has 0 amide bonds. The first-order valence-corrected chi connectivity index (χ1v) is 7.61. The summed E-state index contributed by atoms with van der Waals surface area (Å²) in [6.07, 6.45) is 0. The fraction of sp³-hybridized carbons (Fsp3) is 0.294. The highest BCUT2D eigenvalue weighted by Crippen LogP contribution is 2.32. The van der Waals surface area contributed by atoms with E-state index < -0.39 is 0 Å². The molecule has 1 aromatic carbocycles. The van der Waals surface area contributed by atoms with Gasteiger partial charge in [-0.15, -0.1) is 0 Å². The van der Waals surface area contributed by atoms with Crippen molar-refractivity contribution in [1.82, 2.24) is 19.5 Å². The third kappa shape index (κ3) is 2.49. The van der Waals surface area contributed by atoms with Crippen LogP contribution < -0.4 is 0 Å². The summed E-state index contributed by atoms with van der Waals surface area (Å²) in [6, 6.07) is 10.1. The van der Waals surface area contributed by atoms with Gasteiger partial charge in [-0.25, -0.2) is 9.50 Å². The molecule has 0 fully saturated rings. The number of benzene rings is 1. The zero-order valence-electron chi connectivity index (χ0n) is 13.3. The summed E-state index contributed by atoms with van der Waals surface area (Å²) < 4.78 is 1.76. The van der Waals surface area contributed by atoms with E-state index in [1.807, 2.05) is 58.3 Å². The standard InChI is InChI=1S/C17H19ClN4/c1-11-14(10-21(3)4)17-19-12(2)15(16(18)22(17)20-11)13-8-6-5-7-9-13/h5-9H,10H2,1-4H3. The molecule has 0 bridgehead atoms. The fourth-order valence-electron chi connectivity index (χ4n) is 2.70. The molecule has 5 heteroatoms. The molecule has 0 atom stereocenters. The highest BCUT2D eigenvalue weighted by Gasteiger charge is 2.18. The van der Waals surface area contributed by atoms with Gasteiger partial charge >= 0.3 is 0 Å². The van der Waals surface area contributed by atoms with Crippen LogP contribution in [0.4, 0.5) is 0 Å². The van der Waals surface area contributed by atoms with Crippen LogP contribution in [0, 0.1) is 13.8 Å². The van der Waals surface area contributed by atoms with E-state index >= 15 is 0 Å². The molecule has 3 aromatic rings. The molecule has 2 aromatic heterocycles. The number of hydrogen-bond donors (Lipinski definition) is 0. The Morgan fingerprint density at radius 2 is 1.77 bits per heavy atom. The number of hydrogen-bond acceptors (Lipinski definition) is 3. The van der Waals surface area contributed by atoms with Gasteiger partial charge in [-0.1, -0.05) is 41.9 Å². The maximum atomic E-state index is 6.65. The van der Waals surface area contributed by atoms with E-state index in [0.29, 0.717) is 5.15 Å². The average Bonchev–Trinajstić information content (AvgIpc) is 2.77. The number of rotatable bonds is 3. The van der Waals surface area contributed by atoms with E-state index in [9.17, 15) is 0 Å². The second-order valence-electron chi connectivity index (χ2n) is 5.77. The number of nitrogens with zero attached hydrogens (tertiary/aromatic N) is 4. The molecular weight excluding hydrogens is 296 g/mol. The van der Waals surface area contributed by atoms with Gasteiger partial charge in [0.25, 0.3) is 0 Å². The summed E-state index contributed by atoms with van der Waals surface area (Å²) in [6.45, 7) is 4.79. The molecule has 2 heterocycles. The molecule has 3 rings (SSSR count). The summed E-state index contributed by atoms with van der Waals surface area (Å²) in [5, 5.41) is 5.20. The highest BCUT2D eigenvalue weighted by molar-refractivity contribution is 6.32. The van der Waals surface area contributed by atoms with E-state index in [1.54, 1.807) is 4.52 Å². The number of aryl methyl sites for hydroxylation is 2. The lowest BCUT2D eigenvalue weighted by molar-refractivity contribution is 0.403. The van der Waals surface area contributed by atoms with E-state index in [-0.39, 0.29) is 0 Å². The Bertz CT molecular complexity index is 822. The van der Waals surface area contributed by atoms with Crippen LogP contribution in [0.1, 0.15) is 17.0 Å². The summed E-state index contributed by atoms with van der Waals surface area (Å²) >= 11 is 6.65. The van der Waals surface area contributed by atoms with Gasteiger partial charge in [0, 0.05) is 17.7 Å². The Balaban J connectivity index is 2.27. The first-order valence-electron chi connectivity index (χ1n) is 7.23. The maximum Gasteiger partial charge on any atom is 0.161 e. The Morgan fingerprint density at radius 3 is 2.41 bits per heavy atom. The van der Waals surface area contributed by atoms with E-state index in [4.69, 9.17) is 16.6 Å². The summed E-state index contributed by atoms with van der Waals surface area (Å²) in [5.41, 5.74) is 5.84. The maximum absolute atomic E-state index is 6.65. The van der Waals surface area contributed by atoms with Gasteiger partial charge < -0.3 is 4.90 Å². The van der Waals surface area contributed by atoms with Crippen molar-refractivity contribution in [2.75, 3.05) is 14.1 Å². The molecule has 0 saturated carbocycles. The topological polar surface area (TPSA) is 33.4 Å². The average molecular weight is 315 g/mol. The molecule has 0 saturated heterocycles. The molecule has 0 radical (unpaired) electrons. The van der Waals surface area contributed by atoms with Crippen LogP contribution >= 0.6 is 11.6 Å². The van der Waals surface area contributed by atoms with Gasteiger partial charge in [0.05, 0.1) is 11.4 Å². The van der Waals surface area contributed by atoms with Crippen molar-refractivity contribution >= 4 is 17.2 Å². The third-order valence-corrected chi connectivity index (χ3v) is 4.07. The lowest BCUT2D eigenvalue weighted by atomic mass is 10.1. The fourth-order valence-corrected chi connectivity index (χ4v) is 3.07. The predicted octanol–water partition coefficient (Wildman–Crippen LogP) is 3.73. The molecule has 0 aliphatic carbocycles. The Labute approximate surface area is 135 Å². The molecule has 0 spiro atoms. The normalized spacial score (nSPS) is 11.5. The first-order chi connectivity index (χ1) is 10.5.